The lowest BCUT2D eigenvalue weighted by Gasteiger charge is -2.04. The van der Waals surface area contributed by atoms with E-state index in [1.807, 2.05) is 0 Å². The van der Waals surface area contributed by atoms with Crippen LogP contribution in [0.5, 0.6) is 0 Å². The molecule has 0 spiro atoms. The van der Waals surface area contributed by atoms with E-state index in [1.54, 1.807) is 24.3 Å². The van der Waals surface area contributed by atoms with E-state index in [9.17, 15) is 13.2 Å². The molecule has 7 heteroatoms. The number of nitrogens with one attached hydrogen (secondary N) is 1. The van der Waals surface area contributed by atoms with E-state index in [4.69, 9.17) is 16.7 Å². The predicted octanol–water partition coefficient (Wildman–Crippen LogP) is 3.45. The second kappa shape index (κ2) is 6.64. The van der Waals surface area contributed by atoms with Crippen molar-refractivity contribution in [2.24, 2.45) is 0 Å². The molecule has 0 bridgehead atoms. The highest BCUT2D eigenvalue weighted by molar-refractivity contribution is 7.95. The summed E-state index contributed by atoms with van der Waals surface area (Å²) < 4.78 is 26.2. The number of halogens is 1. The molecular formula is C15H12ClNO4S. The minimum atomic E-state index is -3.69. The van der Waals surface area contributed by atoms with Crippen LogP contribution in [0.2, 0.25) is 5.02 Å². The van der Waals surface area contributed by atoms with Crippen molar-refractivity contribution < 1.29 is 18.3 Å². The number of hydrogen-bond donors (Lipinski definition) is 2. The van der Waals surface area contributed by atoms with Gasteiger partial charge in [0.2, 0.25) is 0 Å². The lowest BCUT2D eigenvalue weighted by atomic mass is 10.2. The molecular weight excluding hydrogens is 326 g/mol. The van der Waals surface area contributed by atoms with Crippen molar-refractivity contribution in [3.8, 4) is 0 Å². The van der Waals surface area contributed by atoms with Crippen LogP contribution >= 0.6 is 11.6 Å². The van der Waals surface area contributed by atoms with Gasteiger partial charge in [0.1, 0.15) is 0 Å². The summed E-state index contributed by atoms with van der Waals surface area (Å²) in [6.07, 6.45) is 1.43. The SMILES string of the molecule is O=C(O)c1ccc(NS(=O)(=O)/C=C/c2ccc(Cl)cc2)cc1. The van der Waals surface area contributed by atoms with Gasteiger partial charge in [-0.25, -0.2) is 13.2 Å². The molecule has 2 rings (SSSR count). The molecule has 5 nitrogen and oxygen atoms in total. The number of aromatic carboxylic acids is 1. The van der Waals surface area contributed by atoms with Crippen LogP contribution < -0.4 is 4.72 Å². The van der Waals surface area contributed by atoms with Crippen molar-refractivity contribution >= 4 is 39.4 Å². The Morgan fingerprint density at radius 2 is 1.64 bits per heavy atom. The van der Waals surface area contributed by atoms with Gasteiger partial charge in [0.05, 0.1) is 11.0 Å². The van der Waals surface area contributed by atoms with E-state index in [1.165, 1.54) is 30.3 Å². The van der Waals surface area contributed by atoms with Crippen molar-refractivity contribution in [2.45, 2.75) is 0 Å². The molecule has 0 fully saturated rings. The third kappa shape index (κ3) is 4.61. The van der Waals surface area contributed by atoms with Crippen LogP contribution in [-0.2, 0) is 10.0 Å². The summed E-state index contributed by atoms with van der Waals surface area (Å²) in [4.78, 5) is 10.7. The minimum Gasteiger partial charge on any atom is -0.478 e. The normalized spacial score (nSPS) is 11.5. The van der Waals surface area contributed by atoms with Crippen LogP contribution in [0.3, 0.4) is 0 Å². The van der Waals surface area contributed by atoms with Crippen molar-refractivity contribution in [3.05, 3.63) is 70.1 Å². The number of carbonyl (C=O) groups is 1. The average Bonchev–Trinajstić information content (AvgIpc) is 2.47. The molecule has 114 valence electrons. The van der Waals surface area contributed by atoms with Gasteiger partial charge in [0, 0.05) is 10.7 Å². The fourth-order valence-corrected chi connectivity index (χ4v) is 2.62. The molecule has 0 aliphatic carbocycles. The van der Waals surface area contributed by atoms with Crippen molar-refractivity contribution in [1.29, 1.82) is 0 Å². The Balaban J connectivity index is 2.10. The van der Waals surface area contributed by atoms with Crippen molar-refractivity contribution in [3.63, 3.8) is 0 Å². The fourth-order valence-electron chi connectivity index (χ4n) is 1.62. The first kappa shape index (κ1) is 16.1. The third-order valence-electron chi connectivity index (χ3n) is 2.70. The molecule has 0 unspecified atom stereocenters. The Kier molecular flexibility index (Phi) is 4.85. The van der Waals surface area contributed by atoms with Gasteiger partial charge >= 0.3 is 5.97 Å². The van der Waals surface area contributed by atoms with E-state index >= 15 is 0 Å². The van der Waals surface area contributed by atoms with Crippen molar-refractivity contribution in [2.75, 3.05) is 4.72 Å². The van der Waals surface area contributed by atoms with Gasteiger partial charge in [-0.3, -0.25) is 4.72 Å². The van der Waals surface area contributed by atoms with Crippen LogP contribution in [0.25, 0.3) is 6.08 Å². The zero-order valence-electron chi connectivity index (χ0n) is 11.2. The molecule has 0 saturated carbocycles. The smallest absolute Gasteiger partial charge is 0.335 e. The minimum absolute atomic E-state index is 0.0830. The topological polar surface area (TPSA) is 83.5 Å². The summed E-state index contributed by atoms with van der Waals surface area (Å²) in [5.41, 5.74) is 1.06. The zero-order chi connectivity index (χ0) is 16.2. The van der Waals surface area contributed by atoms with Gasteiger partial charge in [-0.05, 0) is 48.0 Å². The molecule has 0 aliphatic rings. The molecule has 0 amide bonds. The zero-order valence-corrected chi connectivity index (χ0v) is 12.8. The molecule has 0 atom stereocenters. The lowest BCUT2D eigenvalue weighted by molar-refractivity contribution is 0.0697. The molecule has 0 saturated heterocycles. The van der Waals surface area contributed by atoms with Crippen LogP contribution in [0.4, 0.5) is 5.69 Å². The van der Waals surface area contributed by atoms with Gasteiger partial charge in [0.25, 0.3) is 10.0 Å². The van der Waals surface area contributed by atoms with E-state index in [0.717, 1.165) is 5.41 Å². The highest BCUT2D eigenvalue weighted by atomic mass is 35.5. The van der Waals surface area contributed by atoms with Gasteiger partial charge in [-0.2, -0.15) is 0 Å². The number of sulfonamides is 1. The van der Waals surface area contributed by atoms with Gasteiger partial charge in [-0.15, -0.1) is 0 Å². The Hall–Kier alpha value is -2.31. The molecule has 0 aliphatic heterocycles. The van der Waals surface area contributed by atoms with Crippen LogP contribution in [0.1, 0.15) is 15.9 Å². The number of benzene rings is 2. The summed E-state index contributed by atoms with van der Waals surface area (Å²) in [5, 5.41) is 10.4. The predicted molar refractivity (Wildman–Crippen MR) is 86.4 cm³/mol. The summed E-state index contributed by atoms with van der Waals surface area (Å²) in [6.45, 7) is 0. The second-order valence-corrected chi connectivity index (χ2v) is 6.39. The monoisotopic (exact) mass is 337 g/mol. The van der Waals surface area contributed by atoms with Crippen LogP contribution in [0.15, 0.2) is 53.9 Å². The van der Waals surface area contributed by atoms with Crippen LogP contribution in [-0.4, -0.2) is 19.5 Å². The summed E-state index contributed by atoms with van der Waals surface area (Å²) in [7, 11) is -3.69. The molecule has 2 N–H and O–H groups in total. The highest BCUT2D eigenvalue weighted by Crippen LogP contribution is 2.14. The van der Waals surface area contributed by atoms with Crippen molar-refractivity contribution in [1.82, 2.24) is 0 Å². The molecule has 2 aromatic rings. The van der Waals surface area contributed by atoms with E-state index < -0.39 is 16.0 Å². The Morgan fingerprint density at radius 3 is 2.18 bits per heavy atom. The van der Waals surface area contributed by atoms with Gasteiger partial charge < -0.3 is 5.11 Å². The average molecular weight is 338 g/mol. The highest BCUT2D eigenvalue weighted by Gasteiger charge is 2.07. The van der Waals surface area contributed by atoms with E-state index in [0.29, 0.717) is 10.6 Å². The Bertz CT molecular complexity index is 796. The van der Waals surface area contributed by atoms with Gasteiger partial charge in [-0.1, -0.05) is 23.7 Å². The lowest BCUT2D eigenvalue weighted by Crippen LogP contribution is -2.09. The molecule has 22 heavy (non-hydrogen) atoms. The van der Waals surface area contributed by atoms with Gasteiger partial charge in [0.15, 0.2) is 0 Å². The Labute approximate surface area is 132 Å². The first-order valence-corrected chi connectivity index (χ1v) is 8.08. The Morgan fingerprint density at radius 1 is 1.05 bits per heavy atom. The summed E-state index contributed by atoms with van der Waals surface area (Å²) in [6, 6.07) is 12.1. The first-order valence-electron chi connectivity index (χ1n) is 6.15. The van der Waals surface area contributed by atoms with Crippen LogP contribution in [0, 0.1) is 0 Å². The standard InChI is InChI=1S/C15H12ClNO4S/c16-13-5-1-11(2-6-13)9-10-22(20,21)17-14-7-3-12(4-8-14)15(18)19/h1-10,17H,(H,18,19)/b10-9+. The molecule has 2 aromatic carbocycles. The molecule has 0 aromatic heterocycles. The van der Waals surface area contributed by atoms with E-state index in [-0.39, 0.29) is 11.3 Å². The number of rotatable bonds is 5. The molecule has 0 radical (unpaired) electrons. The largest absolute Gasteiger partial charge is 0.478 e. The molecule has 0 heterocycles. The fraction of sp³-hybridized carbons (Fsp3) is 0. The van der Waals surface area contributed by atoms with E-state index in [2.05, 4.69) is 4.72 Å². The number of hydrogen-bond acceptors (Lipinski definition) is 3. The maximum absolute atomic E-state index is 11.9. The summed E-state index contributed by atoms with van der Waals surface area (Å²) >= 11 is 5.75. The first-order chi connectivity index (χ1) is 10.4. The summed E-state index contributed by atoms with van der Waals surface area (Å²) in [5.74, 6) is -1.07. The number of carboxylic acids is 1. The number of carboxylic acid groups (broad SMARTS) is 1. The third-order valence-corrected chi connectivity index (χ3v) is 3.97. The second-order valence-electron chi connectivity index (χ2n) is 4.38. The maximum atomic E-state index is 11.9. The quantitative estimate of drug-likeness (QED) is 0.875. The maximum Gasteiger partial charge on any atom is 0.335 e. The number of anilines is 1.